The number of para-hydroxylation sites is 1. The molecule has 0 saturated heterocycles. The van der Waals surface area contributed by atoms with Gasteiger partial charge in [0, 0.05) is 24.5 Å². The number of hydrogen-bond acceptors (Lipinski definition) is 3. The molecule has 3 rings (SSSR count). The molecule has 0 aromatic heterocycles. The van der Waals surface area contributed by atoms with Gasteiger partial charge in [0.1, 0.15) is 11.8 Å². The molecule has 0 saturated carbocycles. The van der Waals surface area contributed by atoms with Gasteiger partial charge in [0.05, 0.1) is 0 Å². The van der Waals surface area contributed by atoms with Gasteiger partial charge in [-0.15, -0.1) is 0 Å². The van der Waals surface area contributed by atoms with Crippen LogP contribution in [0.15, 0.2) is 78.9 Å². The number of benzene rings is 3. The predicted molar refractivity (Wildman–Crippen MR) is 140 cm³/mol. The van der Waals surface area contributed by atoms with E-state index >= 15 is 0 Å². The van der Waals surface area contributed by atoms with Crippen molar-refractivity contribution in [2.75, 3.05) is 13.2 Å². The maximum Gasteiger partial charge on any atom is 0.261 e. The number of halogens is 1. The van der Waals surface area contributed by atoms with Crippen molar-refractivity contribution in [3.8, 4) is 5.75 Å². The molecule has 0 aliphatic carbocycles. The second-order valence-electron chi connectivity index (χ2n) is 9.05. The molecular weight excluding hydrogens is 460 g/mol. The van der Waals surface area contributed by atoms with Crippen LogP contribution in [0.1, 0.15) is 30.5 Å². The molecule has 0 heterocycles. The van der Waals surface area contributed by atoms with E-state index in [4.69, 9.17) is 16.3 Å². The molecule has 0 aliphatic rings. The minimum Gasteiger partial charge on any atom is -0.484 e. The highest BCUT2D eigenvalue weighted by molar-refractivity contribution is 6.30. The van der Waals surface area contributed by atoms with E-state index in [9.17, 15) is 9.59 Å². The minimum absolute atomic E-state index is 0.165. The van der Waals surface area contributed by atoms with Crippen molar-refractivity contribution in [2.24, 2.45) is 5.92 Å². The number of nitrogens with zero attached hydrogens (tertiary/aromatic N) is 1. The Morgan fingerprint density at radius 3 is 2.23 bits per heavy atom. The fourth-order valence-corrected chi connectivity index (χ4v) is 3.83. The lowest BCUT2D eigenvalue weighted by Gasteiger charge is -2.31. The highest BCUT2D eigenvalue weighted by Crippen LogP contribution is 2.19. The Morgan fingerprint density at radius 1 is 0.914 bits per heavy atom. The summed E-state index contributed by atoms with van der Waals surface area (Å²) in [6.45, 7) is 6.65. The first kappa shape index (κ1) is 26.3. The molecule has 6 heteroatoms. The van der Waals surface area contributed by atoms with E-state index in [1.807, 2.05) is 87.5 Å². The highest BCUT2D eigenvalue weighted by Gasteiger charge is 2.30. The number of amides is 2. The lowest BCUT2D eigenvalue weighted by molar-refractivity contribution is -0.142. The third kappa shape index (κ3) is 8.15. The molecule has 0 bridgehead atoms. The van der Waals surface area contributed by atoms with E-state index in [0.29, 0.717) is 29.7 Å². The molecule has 3 aromatic carbocycles. The summed E-state index contributed by atoms with van der Waals surface area (Å²) in [5.74, 6) is 0.502. The topological polar surface area (TPSA) is 58.6 Å². The van der Waals surface area contributed by atoms with Crippen LogP contribution in [0.4, 0.5) is 0 Å². The highest BCUT2D eigenvalue weighted by atomic mass is 35.5. The van der Waals surface area contributed by atoms with Crippen molar-refractivity contribution in [1.29, 1.82) is 0 Å². The smallest absolute Gasteiger partial charge is 0.261 e. The van der Waals surface area contributed by atoms with Crippen molar-refractivity contribution < 1.29 is 14.3 Å². The molecule has 0 aliphatic heterocycles. The van der Waals surface area contributed by atoms with Crippen LogP contribution in [0.5, 0.6) is 5.75 Å². The summed E-state index contributed by atoms with van der Waals surface area (Å²) in [6, 6.07) is 23.9. The van der Waals surface area contributed by atoms with Gasteiger partial charge in [-0.05, 0) is 47.7 Å². The Labute approximate surface area is 213 Å². The summed E-state index contributed by atoms with van der Waals surface area (Å²) in [6.07, 6.45) is 0.397. The van der Waals surface area contributed by atoms with Gasteiger partial charge in [-0.25, -0.2) is 0 Å². The van der Waals surface area contributed by atoms with Crippen LogP contribution in [-0.2, 0) is 22.6 Å². The van der Waals surface area contributed by atoms with Gasteiger partial charge in [-0.1, -0.05) is 86.1 Å². The number of aryl methyl sites for hydroxylation is 1. The summed E-state index contributed by atoms with van der Waals surface area (Å²) < 4.78 is 5.87. The number of ether oxygens (including phenoxy) is 1. The van der Waals surface area contributed by atoms with E-state index in [1.165, 1.54) is 0 Å². The molecule has 0 fully saturated rings. The number of carbonyl (C=O) groups is 2. The molecule has 1 atom stereocenters. The third-order valence-electron chi connectivity index (χ3n) is 5.67. The first-order valence-corrected chi connectivity index (χ1v) is 12.2. The fraction of sp³-hybridized carbons (Fsp3) is 0.310. The van der Waals surface area contributed by atoms with E-state index in [-0.39, 0.29) is 25.0 Å². The Kier molecular flexibility index (Phi) is 9.74. The molecule has 184 valence electrons. The van der Waals surface area contributed by atoms with Crippen LogP contribution in [0.3, 0.4) is 0 Å². The molecule has 0 spiro atoms. The first-order chi connectivity index (χ1) is 16.8. The van der Waals surface area contributed by atoms with Crippen molar-refractivity contribution in [2.45, 2.75) is 39.8 Å². The van der Waals surface area contributed by atoms with Crippen molar-refractivity contribution in [3.63, 3.8) is 0 Å². The normalized spacial score (nSPS) is 11.7. The van der Waals surface area contributed by atoms with Crippen LogP contribution in [0.25, 0.3) is 0 Å². The molecule has 35 heavy (non-hydrogen) atoms. The van der Waals surface area contributed by atoms with Gasteiger partial charge in [0.25, 0.3) is 5.91 Å². The van der Waals surface area contributed by atoms with Crippen LogP contribution < -0.4 is 10.1 Å². The quantitative estimate of drug-likeness (QED) is 0.387. The second-order valence-corrected chi connectivity index (χ2v) is 9.48. The standard InChI is InChI=1S/C29H33ClN2O3/c1-21(2)18-31-29(34)26(17-23-10-5-4-6-11-23)32(19-24-13-15-25(30)16-14-24)28(33)20-35-27-12-8-7-9-22(27)3/h4-16,21,26H,17-20H2,1-3H3,(H,31,34)/t26-/m1/s1. The largest absolute Gasteiger partial charge is 0.484 e. The average Bonchev–Trinajstić information content (AvgIpc) is 2.85. The number of nitrogens with one attached hydrogen (secondary N) is 1. The fourth-order valence-electron chi connectivity index (χ4n) is 3.70. The summed E-state index contributed by atoms with van der Waals surface area (Å²) in [7, 11) is 0. The van der Waals surface area contributed by atoms with Crippen molar-refractivity contribution in [3.05, 3.63) is 101 Å². The Morgan fingerprint density at radius 2 is 1.57 bits per heavy atom. The van der Waals surface area contributed by atoms with E-state index in [0.717, 1.165) is 16.7 Å². The zero-order valence-electron chi connectivity index (χ0n) is 20.5. The minimum atomic E-state index is -0.695. The average molecular weight is 493 g/mol. The number of rotatable bonds is 11. The maximum absolute atomic E-state index is 13.6. The van der Waals surface area contributed by atoms with Gasteiger partial charge in [0.2, 0.25) is 5.91 Å². The van der Waals surface area contributed by atoms with E-state index in [1.54, 1.807) is 17.0 Å². The first-order valence-electron chi connectivity index (χ1n) is 11.9. The summed E-state index contributed by atoms with van der Waals surface area (Å²) >= 11 is 6.07. The maximum atomic E-state index is 13.6. The molecule has 0 radical (unpaired) electrons. The van der Waals surface area contributed by atoms with Crippen molar-refractivity contribution >= 4 is 23.4 Å². The molecule has 2 amide bonds. The third-order valence-corrected chi connectivity index (χ3v) is 5.92. The number of carbonyl (C=O) groups excluding carboxylic acids is 2. The summed E-state index contributed by atoms with van der Waals surface area (Å²) in [5, 5.41) is 3.64. The summed E-state index contributed by atoms with van der Waals surface area (Å²) in [4.78, 5) is 28.6. The molecular formula is C29H33ClN2O3. The van der Waals surface area contributed by atoms with Crippen LogP contribution in [0, 0.1) is 12.8 Å². The van der Waals surface area contributed by atoms with Crippen molar-refractivity contribution in [1.82, 2.24) is 10.2 Å². The number of hydrogen-bond donors (Lipinski definition) is 1. The monoisotopic (exact) mass is 492 g/mol. The Balaban J connectivity index is 1.90. The van der Waals surface area contributed by atoms with Gasteiger partial charge in [-0.3, -0.25) is 9.59 Å². The molecule has 1 N–H and O–H groups in total. The van der Waals surface area contributed by atoms with Crippen LogP contribution in [0.2, 0.25) is 5.02 Å². The molecule has 5 nitrogen and oxygen atoms in total. The van der Waals surface area contributed by atoms with Gasteiger partial charge in [0.15, 0.2) is 6.61 Å². The SMILES string of the molecule is Cc1ccccc1OCC(=O)N(Cc1ccc(Cl)cc1)[C@H](Cc1ccccc1)C(=O)NCC(C)C. The summed E-state index contributed by atoms with van der Waals surface area (Å²) in [5.41, 5.74) is 2.80. The van der Waals surface area contributed by atoms with E-state index < -0.39 is 6.04 Å². The lowest BCUT2D eigenvalue weighted by atomic mass is 10.0. The van der Waals surface area contributed by atoms with Crippen LogP contribution in [-0.4, -0.2) is 35.9 Å². The van der Waals surface area contributed by atoms with Crippen LogP contribution >= 0.6 is 11.6 Å². The predicted octanol–water partition coefficient (Wildman–Crippen LogP) is 5.44. The Bertz CT molecular complexity index is 1100. The molecule has 3 aromatic rings. The van der Waals surface area contributed by atoms with Gasteiger partial charge < -0.3 is 15.0 Å². The van der Waals surface area contributed by atoms with E-state index in [2.05, 4.69) is 5.32 Å². The second kappa shape index (κ2) is 13.0. The zero-order chi connectivity index (χ0) is 25.2. The van der Waals surface area contributed by atoms with Gasteiger partial charge >= 0.3 is 0 Å². The van der Waals surface area contributed by atoms with Gasteiger partial charge in [-0.2, -0.15) is 0 Å². The zero-order valence-corrected chi connectivity index (χ0v) is 21.3. The lowest BCUT2D eigenvalue weighted by Crippen LogP contribution is -2.52. The molecule has 0 unspecified atom stereocenters. The Hall–Kier alpha value is -3.31.